The largest absolute Gasteiger partial charge is 0.373 e. The monoisotopic (exact) mass is 305 g/mol. The standard InChI is InChI=1S/C15H19N3O2S/c1-10-13(12-8-6-5-7-9-12)17-15(18-14(10)16-3)11(2)21(4,19)20/h5-9,11H,1-4H3,(H,16,17,18). The number of nitrogens with zero attached hydrogens (tertiary/aromatic N) is 2. The first-order valence-electron chi connectivity index (χ1n) is 6.65. The fourth-order valence-corrected chi connectivity index (χ4v) is 2.52. The van der Waals surface area contributed by atoms with Crippen LogP contribution in [0, 0.1) is 6.92 Å². The average molecular weight is 305 g/mol. The smallest absolute Gasteiger partial charge is 0.157 e. The van der Waals surface area contributed by atoms with Gasteiger partial charge < -0.3 is 5.32 Å². The Bertz CT molecular complexity index is 743. The summed E-state index contributed by atoms with van der Waals surface area (Å²) in [5.41, 5.74) is 2.59. The van der Waals surface area contributed by atoms with Gasteiger partial charge in [-0.2, -0.15) is 0 Å². The molecule has 1 heterocycles. The van der Waals surface area contributed by atoms with Gasteiger partial charge in [0.1, 0.15) is 16.9 Å². The van der Waals surface area contributed by atoms with Crippen molar-refractivity contribution in [1.82, 2.24) is 9.97 Å². The molecule has 1 unspecified atom stereocenters. The molecule has 1 aromatic carbocycles. The van der Waals surface area contributed by atoms with Gasteiger partial charge in [-0.15, -0.1) is 0 Å². The Hall–Kier alpha value is -1.95. The SMILES string of the molecule is CNc1nc(C(C)S(C)(=O)=O)nc(-c2ccccc2)c1C. The number of anilines is 1. The average Bonchev–Trinajstić information content (AvgIpc) is 2.46. The highest BCUT2D eigenvalue weighted by atomic mass is 32.2. The zero-order valence-corrected chi connectivity index (χ0v) is 13.4. The van der Waals surface area contributed by atoms with Crippen molar-refractivity contribution in [1.29, 1.82) is 0 Å². The molecule has 1 atom stereocenters. The lowest BCUT2D eigenvalue weighted by Gasteiger charge is -2.15. The molecule has 0 fully saturated rings. The summed E-state index contributed by atoms with van der Waals surface area (Å²) in [6.45, 7) is 3.53. The van der Waals surface area contributed by atoms with Crippen LogP contribution in [0.1, 0.15) is 23.6 Å². The van der Waals surface area contributed by atoms with E-state index in [1.54, 1.807) is 14.0 Å². The molecule has 5 nitrogen and oxygen atoms in total. The maximum absolute atomic E-state index is 11.8. The highest BCUT2D eigenvalue weighted by Gasteiger charge is 2.23. The normalized spacial score (nSPS) is 13.0. The van der Waals surface area contributed by atoms with Crippen molar-refractivity contribution in [3.63, 3.8) is 0 Å². The van der Waals surface area contributed by atoms with Crippen LogP contribution < -0.4 is 5.32 Å². The molecule has 0 aliphatic rings. The molecule has 2 aromatic rings. The number of rotatable bonds is 4. The van der Waals surface area contributed by atoms with Gasteiger partial charge in [0.15, 0.2) is 9.84 Å². The van der Waals surface area contributed by atoms with Crippen molar-refractivity contribution >= 4 is 15.7 Å². The zero-order valence-electron chi connectivity index (χ0n) is 12.6. The third-order valence-electron chi connectivity index (χ3n) is 3.45. The molecule has 0 saturated heterocycles. The van der Waals surface area contributed by atoms with E-state index in [1.807, 2.05) is 37.3 Å². The van der Waals surface area contributed by atoms with Crippen LogP contribution in [0.2, 0.25) is 0 Å². The summed E-state index contributed by atoms with van der Waals surface area (Å²) in [6, 6.07) is 9.68. The maximum atomic E-state index is 11.8. The van der Waals surface area contributed by atoms with Crippen LogP contribution in [-0.4, -0.2) is 31.7 Å². The molecule has 0 radical (unpaired) electrons. The molecular weight excluding hydrogens is 286 g/mol. The molecule has 2 rings (SSSR count). The molecule has 0 aliphatic carbocycles. The van der Waals surface area contributed by atoms with Gasteiger partial charge in [0.25, 0.3) is 0 Å². The lowest BCUT2D eigenvalue weighted by atomic mass is 10.1. The van der Waals surface area contributed by atoms with E-state index >= 15 is 0 Å². The maximum Gasteiger partial charge on any atom is 0.157 e. The number of benzene rings is 1. The second-order valence-corrected chi connectivity index (χ2v) is 7.36. The van der Waals surface area contributed by atoms with Gasteiger partial charge in [0.05, 0.1) is 5.69 Å². The van der Waals surface area contributed by atoms with E-state index in [2.05, 4.69) is 15.3 Å². The first-order valence-corrected chi connectivity index (χ1v) is 8.60. The highest BCUT2D eigenvalue weighted by Crippen LogP contribution is 2.28. The third-order valence-corrected chi connectivity index (χ3v) is 4.95. The number of aromatic nitrogens is 2. The second kappa shape index (κ2) is 5.81. The van der Waals surface area contributed by atoms with Crippen molar-refractivity contribution in [2.45, 2.75) is 19.1 Å². The van der Waals surface area contributed by atoms with Crippen molar-refractivity contribution in [3.05, 3.63) is 41.7 Å². The van der Waals surface area contributed by atoms with Crippen molar-refractivity contribution < 1.29 is 8.42 Å². The molecule has 1 N–H and O–H groups in total. The van der Waals surface area contributed by atoms with Crippen LogP contribution in [0.25, 0.3) is 11.3 Å². The Labute approximate surface area is 125 Å². The van der Waals surface area contributed by atoms with Gasteiger partial charge in [-0.25, -0.2) is 18.4 Å². The summed E-state index contributed by atoms with van der Waals surface area (Å²) in [7, 11) is -1.48. The number of hydrogen-bond acceptors (Lipinski definition) is 5. The van der Waals surface area contributed by atoms with Gasteiger partial charge in [0.2, 0.25) is 0 Å². The predicted molar refractivity (Wildman–Crippen MR) is 85.0 cm³/mol. The zero-order chi connectivity index (χ0) is 15.6. The van der Waals surface area contributed by atoms with Crippen LogP contribution in [0.4, 0.5) is 5.82 Å². The lowest BCUT2D eigenvalue weighted by Crippen LogP contribution is -2.14. The molecule has 0 bridgehead atoms. The van der Waals surface area contributed by atoms with Crippen LogP contribution in [0.3, 0.4) is 0 Å². The molecule has 0 spiro atoms. The van der Waals surface area contributed by atoms with Crippen LogP contribution >= 0.6 is 0 Å². The Balaban J connectivity index is 2.66. The first-order chi connectivity index (χ1) is 9.84. The number of hydrogen-bond donors (Lipinski definition) is 1. The summed E-state index contributed by atoms with van der Waals surface area (Å²) < 4.78 is 23.5. The Kier molecular flexibility index (Phi) is 4.27. The Morgan fingerprint density at radius 1 is 1.14 bits per heavy atom. The van der Waals surface area contributed by atoms with E-state index in [0.717, 1.165) is 16.8 Å². The minimum Gasteiger partial charge on any atom is -0.373 e. The fraction of sp³-hybridized carbons (Fsp3) is 0.333. The topological polar surface area (TPSA) is 72.0 Å². The highest BCUT2D eigenvalue weighted by molar-refractivity contribution is 7.90. The van der Waals surface area contributed by atoms with E-state index < -0.39 is 15.1 Å². The molecule has 0 saturated carbocycles. The Morgan fingerprint density at radius 2 is 1.76 bits per heavy atom. The van der Waals surface area contributed by atoms with Gasteiger partial charge in [-0.1, -0.05) is 30.3 Å². The molecule has 0 aliphatic heterocycles. The summed E-state index contributed by atoms with van der Waals surface area (Å²) >= 11 is 0. The molecular formula is C15H19N3O2S. The molecule has 112 valence electrons. The molecule has 1 aromatic heterocycles. The second-order valence-electron chi connectivity index (χ2n) is 4.99. The van der Waals surface area contributed by atoms with E-state index in [0.29, 0.717) is 11.6 Å². The summed E-state index contributed by atoms with van der Waals surface area (Å²) in [6.07, 6.45) is 1.20. The van der Waals surface area contributed by atoms with Gasteiger partial charge in [-0.3, -0.25) is 0 Å². The molecule has 6 heteroatoms. The van der Waals surface area contributed by atoms with Gasteiger partial charge in [0, 0.05) is 24.4 Å². The number of sulfone groups is 1. The van der Waals surface area contributed by atoms with Crippen LogP contribution in [-0.2, 0) is 9.84 Å². The third kappa shape index (κ3) is 3.21. The lowest BCUT2D eigenvalue weighted by molar-refractivity contribution is 0.589. The minimum atomic E-state index is -3.25. The Morgan fingerprint density at radius 3 is 2.29 bits per heavy atom. The summed E-state index contributed by atoms with van der Waals surface area (Å²) in [4.78, 5) is 8.83. The van der Waals surface area contributed by atoms with Crippen LogP contribution in [0.15, 0.2) is 30.3 Å². The van der Waals surface area contributed by atoms with Crippen molar-refractivity contribution in [2.75, 3.05) is 18.6 Å². The minimum absolute atomic E-state index is 0.311. The fourth-order valence-electron chi connectivity index (χ4n) is 2.03. The van der Waals surface area contributed by atoms with E-state index in [1.165, 1.54) is 6.26 Å². The quantitative estimate of drug-likeness (QED) is 0.940. The van der Waals surface area contributed by atoms with E-state index in [9.17, 15) is 8.42 Å². The molecule has 21 heavy (non-hydrogen) atoms. The number of nitrogens with one attached hydrogen (secondary N) is 1. The van der Waals surface area contributed by atoms with Gasteiger partial charge in [-0.05, 0) is 13.8 Å². The van der Waals surface area contributed by atoms with E-state index in [-0.39, 0.29) is 0 Å². The van der Waals surface area contributed by atoms with Crippen molar-refractivity contribution in [2.24, 2.45) is 0 Å². The first kappa shape index (κ1) is 15.4. The predicted octanol–water partition coefficient (Wildman–Crippen LogP) is 2.60. The summed E-state index contributed by atoms with van der Waals surface area (Å²) in [5.74, 6) is 0.959. The van der Waals surface area contributed by atoms with Gasteiger partial charge >= 0.3 is 0 Å². The molecule has 0 amide bonds. The van der Waals surface area contributed by atoms with Crippen LogP contribution in [0.5, 0.6) is 0 Å². The van der Waals surface area contributed by atoms with Crippen molar-refractivity contribution in [3.8, 4) is 11.3 Å². The van der Waals surface area contributed by atoms with E-state index in [4.69, 9.17) is 0 Å². The summed E-state index contributed by atoms with van der Waals surface area (Å²) in [5, 5.41) is 2.26.